The zero-order valence-corrected chi connectivity index (χ0v) is 14.8. The average Bonchev–Trinajstić information content (AvgIpc) is 3.11. The van der Waals surface area contributed by atoms with Gasteiger partial charge in [-0.1, -0.05) is 11.6 Å². The van der Waals surface area contributed by atoms with Crippen molar-refractivity contribution in [3.8, 4) is 5.95 Å². The Morgan fingerprint density at radius 2 is 1.96 bits per heavy atom. The third-order valence-corrected chi connectivity index (χ3v) is 4.67. The van der Waals surface area contributed by atoms with Crippen LogP contribution in [0.4, 0.5) is 8.78 Å². The molecule has 0 aliphatic carbocycles. The molecule has 140 valence electrons. The summed E-state index contributed by atoms with van der Waals surface area (Å²) in [4.78, 5) is 21.5. The molecule has 0 aromatic carbocycles. The molecule has 0 unspecified atom stereocenters. The van der Waals surface area contributed by atoms with Crippen molar-refractivity contribution in [3.05, 3.63) is 35.4 Å². The third kappa shape index (κ3) is 3.68. The molecule has 3 rings (SSSR count). The highest BCUT2D eigenvalue weighted by molar-refractivity contribution is 6.30. The smallest absolute Gasteiger partial charge is 0.275 e. The van der Waals surface area contributed by atoms with Gasteiger partial charge in [0.2, 0.25) is 5.60 Å². The second-order valence-electron chi connectivity index (χ2n) is 6.40. The van der Waals surface area contributed by atoms with Gasteiger partial charge >= 0.3 is 0 Å². The summed E-state index contributed by atoms with van der Waals surface area (Å²) in [6.07, 6.45) is 2.71. The molecule has 1 aliphatic heterocycles. The van der Waals surface area contributed by atoms with E-state index in [1.807, 2.05) is 6.07 Å². The molecule has 1 saturated heterocycles. The first-order chi connectivity index (χ1) is 12.3. The maximum atomic E-state index is 12.8. The van der Waals surface area contributed by atoms with Crippen molar-refractivity contribution < 1.29 is 18.7 Å². The highest BCUT2D eigenvalue weighted by atomic mass is 35.5. The number of likely N-dealkylation sites (tertiary alicyclic amines) is 1. The van der Waals surface area contributed by atoms with Crippen molar-refractivity contribution >= 4 is 17.5 Å². The van der Waals surface area contributed by atoms with E-state index < -0.39 is 17.9 Å². The number of nitrogens with zero attached hydrogens (tertiary/aromatic N) is 5. The molecule has 1 N–H and O–H groups in total. The first-order valence-corrected chi connectivity index (χ1v) is 8.50. The maximum absolute atomic E-state index is 12.8. The fraction of sp³-hybridized carbons (Fsp3) is 0.500. The van der Waals surface area contributed by atoms with E-state index in [0.29, 0.717) is 23.8 Å². The lowest BCUT2D eigenvalue weighted by Gasteiger charge is -2.35. The van der Waals surface area contributed by atoms with Crippen LogP contribution in [0, 0.1) is 0 Å². The minimum atomic E-state index is -3.12. The number of carbonyl (C=O) groups is 1. The minimum absolute atomic E-state index is 0.0871. The van der Waals surface area contributed by atoms with Crippen LogP contribution >= 0.6 is 11.6 Å². The molecule has 1 amide bonds. The van der Waals surface area contributed by atoms with Gasteiger partial charge in [-0.15, -0.1) is 0 Å². The van der Waals surface area contributed by atoms with Gasteiger partial charge in [-0.05, 0) is 25.8 Å². The number of amides is 1. The van der Waals surface area contributed by atoms with E-state index in [9.17, 15) is 18.7 Å². The standard InChI is InChI=1S/C16H18ClF2N5O2/c1-16(26,13(18)19)14(25)23-5-2-10(3-6-23)12-4-7-24(22-12)15-20-8-11(17)9-21-15/h4,7-10,13,26H,2-3,5-6H2,1H3/t16-/m0/s1. The SMILES string of the molecule is C[C@@](O)(C(=O)N1CCC(c2ccn(-c3ncc(Cl)cn3)n2)CC1)C(F)F. The summed E-state index contributed by atoms with van der Waals surface area (Å²) in [5.41, 5.74) is -1.84. The van der Waals surface area contributed by atoms with Crippen molar-refractivity contribution in [2.75, 3.05) is 13.1 Å². The molecule has 0 spiro atoms. The van der Waals surface area contributed by atoms with E-state index >= 15 is 0 Å². The largest absolute Gasteiger partial charge is 0.375 e. The zero-order chi connectivity index (χ0) is 18.9. The van der Waals surface area contributed by atoms with Crippen molar-refractivity contribution in [2.24, 2.45) is 0 Å². The van der Waals surface area contributed by atoms with Gasteiger partial charge in [0.25, 0.3) is 18.3 Å². The number of piperidine rings is 1. The zero-order valence-electron chi connectivity index (χ0n) is 14.0. The van der Waals surface area contributed by atoms with Crippen LogP contribution in [-0.4, -0.2) is 60.8 Å². The number of hydrogen-bond donors (Lipinski definition) is 1. The molecule has 2 aromatic heterocycles. The molecule has 3 heterocycles. The molecule has 0 bridgehead atoms. The van der Waals surface area contributed by atoms with E-state index in [-0.39, 0.29) is 19.0 Å². The fourth-order valence-electron chi connectivity index (χ4n) is 2.88. The fourth-order valence-corrected chi connectivity index (χ4v) is 2.98. The van der Waals surface area contributed by atoms with Gasteiger partial charge in [0.05, 0.1) is 23.1 Å². The van der Waals surface area contributed by atoms with Crippen LogP contribution in [0.3, 0.4) is 0 Å². The molecular weight excluding hydrogens is 368 g/mol. The van der Waals surface area contributed by atoms with E-state index in [0.717, 1.165) is 12.6 Å². The lowest BCUT2D eigenvalue weighted by molar-refractivity contribution is -0.166. The van der Waals surface area contributed by atoms with Gasteiger partial charge in [-0.2, -0.15) is 5.10 Å². The molecule has 2 aromatic rings. The lowest BCUT2D eigenvalue weighted by Crippen LogP contribution is -2.53. The van der Waals surface area contributed by atoms with Gasteiger partial charge in [0, 0.05) is 25.2 Å². The Hall–Kier alpha value is -2.13. The summed E-state index contributed by atoms with van der Waals surface area (Å²) in [5.74, 6) is -0.462. The Bertz CT molecular complexity index is 773. The quantitative estimate of drug-likeness (QED) is 0.870. The summed E-state index contributed by atoms with van der Waals surface area (Å²) in [6.45, 7) is 1.42. The van der Waals surface area contributed by atoms with E-state index in [1.54, 1.807) is 6.20 Å². The molecule has 1 fully saturated rings. The van der Waals surface area contributed by atoms with E-state index in [2.05, 4.69) is 15.1 Å². The van der Waals surface area contributed by atoms with Crippen molar-refractivity contribution in [3.63, 3.8) is 0 Å². The number of halogens is 3. The third-order valence-electron chi connectivity index (χ3n) is 4.48. The van der Waals surface area contributed by atoms with Crippen LogP contribution in [0.2, 0.25) is 5.02 Å². The van der Waals surface area contributed by atoms with Crippen LogP contribution in [0.1, 0.15) is 31.4 Å². The van der Waals surface area contributed by atoms with Crippen LogP contribution in [0.25, 0.3) is 5.95 Å². The summed E-state index contributed by atoms with van der Waals surface area (Å²) < 4.78 is 27.2. The summed E-state index contributed by atoms with van der Waals surface area (Å²) >= 11 is 5.77. The second kappa shape index (κ2) is 7.24. The maximum Gasteiger partial charge on any atom is 0.275 e. The summed E-state index contributed by atoms with van der Waals surface area (Å²) in [5, 5.41) is 14.5. The van der Waals surface area contributed by atoms with Crippen molar-refractivity contribution in [1.82, 2.24) is 24.6 Å². The summed E-state index contributed by atoms with van der Waals surface area (Å²) in [7, 11) is 0. The van der Waals surface area contributed by atoms with E-state index in [4.69, 9.17) is 11.6 Å². The van der Waals surface area contributed by atoms with Gasteiger partial charge in [0.15, 0.2) is 0 Å². The van der Waals surface area contributed by atoms with Gasteiger partial charge in [-0.25, -0.2) is 23.4 Å². The molecule has 0 radical (unpaired) electrons. The number of hydrogen-bond acceptors (Lipinski definition) is 5. The number of alkyl halides is 2. The van der Waals surface area contributed by atoms with Crippen molar-refractivity contribution in [2.45, 2.75) is 37.7 Å². The first kappa shape index (κ1) is 18.7. The molecule has 0 saturated carbocycles. The highest BCUT2D eigenvalue weighted by Crippen LogP contribution is 2.29. The van der Waals surface area contributed by atoms with Crippen molar-refractivity contribution in [1.29, 1.82) is 0 Å². The Balaban J connectivity index is 1.64. The molecule has 1 aliphatic rings. The molecule has 1 atom stereocenters. The van der Waals surface area contributed by atoms with Crippen LogP contribution in [0.5, 0.6) is 0 Å². The van der Waals surface area contributed by atoms with E-state index in [1.165, 1.54) is 22.0 Å². The Morgan fingerprint density at radius 1 is 1.35 bits per heavy atom. The van der Waals surface area contributed by atoms with Crippen LogP contribution < -0.4 is 0 Å². The second-order valence-corrected chi connectivity index (χ2v) is 6.84. The lowest BCUT2D eigenvalue weighted by atomic mass is 9.92. The minimum Gasteiger partial charge on any atom is -0.375 e. The highest BCUT2D eigenvalue weighted by Gasteiger charge is 2.44. The molecule has 26 heavy (non-hydrogen) atoms. The van der Waals surface area contributed by atoms with Gasteiger partial charge < -0.3 is 10.0 Å². The number of aliphatic hydroxyl groups is 1. The first-order valence-electron chi connectivity index (χ1n) is 8.12. The number of aromatic nitrogens is 4. The molecule has 10 heteroatoms. The Labute approximate surface area is 153 Å². The van der Waals surface area contributed by atoms with Gasteiger partial charge in [0.1, 0.15) is 0 Å². The topological polar surface area (TPSA) is 84.1 Å². The molecule has 7 nitrogen and oxygen atoms in total. The Morgan fingerprint density at radius 3 is 2.54 bits per heavy atom. The summed E-state index contributed by atoms with van der Waals surface area (Å²) in [6, 6.07) is 1.84. The molecular formula is C16H18ClF2N5O2. The number of rotatable bonds is 4. The monoisotopic (exact) mass is 385 g/mol. The predicted octanol–water partition coefficient (Wildman–Crippen LogP) is 2.04. The Kier molecular flexibility index (Phi) is 5.19. The normalized spacial score (nSPS) is 18.2. The van der Waals surface area contributed by atoms with Crippen LogP contribution in [-0.2, 0) is 4.79 Å². The van der Waals surface area contributed by atoms with Crippen LogP contribution in [0.15, 0.2) is 24.7 Å². The van der Waals surface area contributed by atoms with Gasteiger partial charge in [-0.3, -0.25) is 4.79 Å². The predicted molar refractivity (Wildman–Crippen MR) is 89.3 cm³/mol. The average molecular weight is 386 g/mol. The number of carbonyl (C=O) groups excluding carboxylic acids is 1.